The lowest BCUT2D eigenvalue weighted by Crippen LogP contribution is -2.54. The minimum atomic E-state index is -1.08. The highest BCUT2D eigenvalue weighted by Gasteiger charge is 2.45. The van der Waals surface area contributed by atoms with E-state index in [0.717, 1.165) is 17.7 Å². The van der Waals surface area contributed by atoms with Crippen molar-refractivity contribution < 1.29 is 47.8 Å². The summed E-state index contributed by atoms with van der Waals surface area (Å²) >= 11 is 0. The minimum absolute atomic E-state index is 0.00223. The molecule has 2 aliphatic rings. The van der Waals surface area contributed by atoms with Crippen molar-refractivity contribution in [1.29, 1.82) is 0 Å². The van der Waals surface area contributed by atoms with Crippen molar-refractivity contribution in [2.75, 3.05) is 51.6 Å². The molecule has 0 bridgehead atoms. The second-order valence-corrected chi connectivity index (χ2v) is 10.5. The van der Waals surface area contributed by atoms with E-state index < -0.39 is 34.6 Å². The zero-order valence-electron chi connectivity index (χ0n) is 25.2. The van der Waals surface area contributed by atoms with Crippen LogP contribution in [0.3, 0.4) is 0 Å². The molecule has 2 aromatic rings. The first-order chi connectivity index (χ1) is 22.3. The summed E-state index contributed by atoms with van der Waals surface area (Å²) in [4.78, 5) is 73.5. The van der Waals surface area contributed by atoms with Gasteiger partial charge in [0.25, 0.3) is 17.5 Å². The lowest BCUT2D eigenvalue weighted by molar-refractivity contribution is -0.384. The molecule has 15 nitrogen and oxygen atoms in total. The molecule has 2 heterocycles. The van der Waals surface area contributed by atoms with Gasteiger partial charge in [0.1, 0.15) is 18.4 Å². The highest BCUT2D eigenvalue weighted by molar-refractivity contribution is 6.26. The number of fused-ring (bicyclic) bond motifs is 1. The number of ether oxygens (including phenoxy) is 4. The minimum Gasteiger partial charge on any atom is -0.491 e. The lowest BCUT2D eigenvalue weighted by Gasteiger charge is -2.27. The third-order valence-electron chi connectivity index (χ3n) is 7.22. The molecule has 1 atom stereocenters. The Balaban J connectivity index is 1.01. The van der Waals surface area contributed by atoms with Crippen molar-refractivity contribution in [2.45, 2.75) is 44.6 Å². The standard InChI is InChI=1S/C31H36N4O11/c36-26(32-24-6-4-5-23-28(24)31(40)34(30(23)39)25-12-13-27(37)33-29(25)38)7-2-1-3-14-43-15-16-44-17-18-45-19-20-46-22-10-8-21(9-11-22)35(41)42/h4-6,8-11,25H,1-3,7,12-20H2,(H,32,36)(H,33,37,38). The van der Waals surface area contributed by atoms with Crippen LogP contribution >= 0.6 is 0 Å². The number of hydrogen-bond donors (Lipinski definition) is 2. The van der Waals surface area contributed by atoms with Gasteiger partial charge >= 0.3 is 0 Å². The molecule has 1 unspecified atom stereocenters. The molecule has 1 saturated heterocycles. The average Bonchev–Trinajstić information content (AvgIpc) is 3.29. The Labute approximate surface area is 264 Å². The monoisotopic (exact) mass is 640 g/mol. The van der Waals surface area contributed by atoms with Gasteiger partial charge in [-0.2, -0.15) is 0 Å². The lowest BCUT2D eigenvalue weighted by atomic mass is 10.0. The van der Waals surface area contributed by atoms with E-state index in [0.29, 0.717) is 58.4 Å². The molecule has 1 fully saturated rings. The number of benzene rings is 2. The molecule has 2 aliphatic heterocycles. The number of carbonyl (C=O) groups is 5. The van der Waals surface area contributed by atoms with Crippen LogP contribution in [0.25, 0.3) is 0 Å². The number of amides is 5. The first-order valence-electron chi connectivity index (χ1n) is 15.0. The molecule has 5 amide bonds. The van der Waals surface area contributed by atoms with Crippen LogP contribution in [0.2, 0.25) is 0 Å². The summed E-state index contributed by atoms with van der Waals surface area (Å²) in [5.41, 5.74) is 0.358. The maximum absolute atomic E-state index is 13.1. The molecule has 2 aromatic carbocycles. The fourth-order valence-electron chi connectivity index (χ4n) is 4.92. The van der Waals surface area contributed by atoms with Crippen molar-refractivity contribution in [3.8, 4) is 5.75 Å². The van der Waals surface area contributed by atoms with Crippen LogP contribution in [-0.4, -0.2) is 91.6 Å². The van der Waals surface area contributed by atoms with E-state index in [-0.39, 0.29) is 47.7 Å². The van der Waals surface area contributed by atoms with Crippen molar-refractivity contribution in [3.05, 3.63) is 63.7 Å². The predicted molar refractivity (Wildman–Crippen MR) is 161 cm³/mol. The second kappa shape index (κ2) is 17.1. The highest BCUT2D eigenvalue weighted by Crippen LogP contribution is 2.32. The SMILES string of the molecule is O=C1CCC(N2C(=O)c3cccc(NC(=O)CCCCCOCCOCCOCCOc4ccc([N+](=O)[O-])cc4)c3C2=O)C(=O)N1. The largest absolute Gasteiger partial charge is 0.491 e. The van der Waals surface area contributed by atoms with Gasteiger partial charge in [0.05, 0.1) is 54.8 Å². The third-order valence-corrected chi connectivity index (χ3v) is 7.22. The quantitative estimate of drug-likeness (QED) is 0.0992. The number of unbranched alkanes of at least 4 members (excludes halogenated alkanes) is 2. The first-order valence-corrected chi connectivity index (χ1v) is 15.0. The number of imide groups is 2. The van der Waals surface area contributed by atoms with Crippen LogP contribution in [0.15, 0.2) is 42.5 Å². The molecule has 0 spiro atoms. The normalized spacial score (nSPS) is 15.9. The maximum Gasteiger partial charge on any atom is 0.269 e. The number of non-ortho nitro benzene ring substituents is 1. The molecule has 0 saturated carbocycles. The van der Waals surface area contributed by atoms with Gasteiger partial charge in [0, 0.05) is 31.6 Å². The Morgan fingerprint density at radius 2 is 1.54 bits per heavy atom. The zero-order chi connectivity index (χ0) is 32.9. The summed E-state index contributed by atoms with van der Waals surface area (Å²) in [5.74, 6) is -2.23. The topological polar surface area (TPSA) is 193 Å². The number of hydrogen-bond acceptors (Lipinski definition) is 11. The molecule has 0 aromatic heterocycles. The number of carbonyl (C=O) groups excluding carboxylic acids is 5. The van der Waals surface area contributed by atoms with Crippen LogP contribution in [0.4, 0.5) is 11.4 Å². The van der Waals surface area contributed by atoms with Gasteiger partial charge in [-0.25, -0.2) is 0 Å². The van der Waals surface area contributed by atoms with Crippen molar-refractivity contribution >= 4 is 40.9 Å². The van der Waals surface area contributed by atoms with E-state index in [9.17, 15) is 34.1 Å². The average molecular weight is 641 g/mol. The summed E-state index contributed by atoms with van der Waals surface area (Å²) in [6.07, 6.45) is 2.38. The van der Waals surface area contributed by atoms with Gasteiger partial charge in [-0.15, -0.1) is 0 Å². The Hall–Kier alpha value is -4.73. The zero-order valence-corrected chi connectivity index (χ0v) is 25.2. The number of rotatable bonds is 19. The highest BCUT2D eigenvalue weighted by atomic mass is 16.6. The van der Waals surface area contributed by atoms with Gasteiger partial charge in [-0.05, 0) is 43.5 Å². The molecule has 246 valence electrons. The number of nitro benzene ring substituents is 1. The molecular weight excluding hydrogens is 604 g/mol. The van der Waals surface area contributed by atoms with Gasteiger partial charge in [-0.1, -0.05) is 12.5 Å². The summed E-state index contributed by atoms with van der Waals surface area (Å²) in [6, 6.07) is 9.31. The molecule has 2 N–H and O–H groups in total. The second-order valence-electron chi connectivity index (χ2n) is 10.5. The van der Waals surface area contributed by atoms with E-state index in [4.69, 9.17) is 18.9 Å². The first kappa shape index (κ1) is 34.1. The molecule has 46 heavy (non-hydrogen) atoms. The van der Waals surface area contributed by atoms with Crippen LogP contribution < -0.4 is 15.4 Å². The Morgan fingerprint density at radius 3 is 2.22 bits per heavy atom. The van der Waals surface area contributed by atoms with Crippen molar-refractivity contribution in [1.82, 2.24) is 10.2 Å². The molecule has 0 radical (unpaired) electrons. The van der Waals surface area contributed by atoms with Crippen LogP contribution in [0.1, 0.15) is 59.2 Å². The molecule has 4 rings (SSSR count). The Morgan fingerprint density at radius 1 is 0.870 bits per heavy atom. The van der Waals surface area contributed by atoms with Crippen LogP contribution in [0, 0.1) is 10.1 Å². The molecule has 15 heteroatoms. The van der Waals surface area contributed by atoms with Gasteiger partial charge in [0.2, 0.25) is 17.7 Å². The number of piperidine rings is 1. The summed E-state index contributed by atoms with van der Waals surface area (Å²) in [5, 5.41) is 15.5. The van der Waals surface area contributed by atoms with Crippen molar-refractivity contribution in [2.24, 2.45) is 0 Å². The van der Waals surface area contributed by atoms with E-state index in [1.54, 1.807) is 6.07 Å². The maximum atomic E-state index is 13.1. The predicted octanol–water partition coefficient (Wildman–Crippen LogP) is 2.62. The van der Waals surface area contributed by atoms with E-state index in [1.165, 1.54) is 36.4 Å². The number of anilines is 1. The molecule has 0 aliphatic carbocycles. The number of nitrogens with one attached hydrogen (secondary N) is 2. The van der Waals surface area contributed by atoms with Gasteiger partial charge in [-0.3, -0.25) is 44.3 Å². The van der Waals surface area contributed by atoms with E-state index in [2.05, 4.69) is 10.6 Å². The van der Waals surface area contributed by atoms with Gasteiger partial charge in [0.15, 0.2) is 0 Å². The smallest absolute Gasteiger partial charge is 0.269 e. The summed E-state index contributed by atoms with van der Waals surface area (Å²) < 4.78 is 21.9. The molecular formula is C31H36N4O11. The third kappa shape index (κ3) is 9.39. The van der Waals surface area contributed by atoms with Crippen LogP contribution in [0.5, 0.6) is 5.75 Å². The van der Waals surface area contributed by atoms with Gasteiger partial charge < -0.3 is 24.3 Å². The fraction of sp³-hybridized carbons (Fsp3) is 0.452. The fourth-order valence-corrected chi connectivity index (χ4v) is 4.92. The Bertz CT molecular complexity index is 1430. The van der Waals surface area contributed by atoms with E-state index >= 15 is 0 Å². The number of nitrogens with zero attached hydrogens (tertiary/aromatic N) is 2. The van der Waals surface area contributed by atoms with Crippen LogP contribution in [-0.2, 0) is 28.6 Å². The van der Waals surface area contributed by atoms with Crippen molar-refractivity contribution in [3.63, 3.8) is 0 Å². The van der Waals surface area contributed by atoms with E-state index in [1.807, 2.05) is 0 Å². The number of nitro groups is 1. The summed E-state index contributed by atoms with van der Waals surface area (Å²) in [6.45, 7) is 2.79. The summed E-state index contributed by atoms with van der Waals surface area (Å²) in [7, 11) is 0. The Kier molecular flexibility index (Phi) is 12.7.